The van der Waals surface area contributed by atoms with Gasteiger partial charge in [-0.05, 0) is 73.2 Å². The van der Waals surface area contributed by atoms with Crippen LogP contribution < -0.4 is 5.32 Å². The Morgan fingerprint density at radius 1 is 1.09 bits per heavy atom. The number of likely N-dealkylation sites (tertiary alicyclic amines) is 1. The Hall–Kier alpha value is -3.57. The number of nitrogens with one attached hydrogen (secondary N) is 1. The highest BCUT2D eigenvalue weighted by atomic mass is 19.1. The molecule has 0 saturated carbocycles. The number of nitrogens with zero attached hydrogens (tertiary/aromatic N) is 3. The van der Waals surface area contributed by atoms with Gasteiger partial charge in [0.05, 0.1) is 11.6 Å². The summed E-state index contributed by atoms with van der Waals surface area (Å²) in [5.41, 5.74) is 3.64. The number of hydrogen-bond acceptors (Lipinski definition) is 5. The van der Waals surface area contributed by atoms with Crippen molar-refractivity contribution in [2.75, 3.05) is 13.1 Å². The Bertz CT molecular complexity index is 1210. The van der Waals surface area contributed by atoms with Crippen molar-refractivity contribution in [3.8, 4) is 6.07 Å². The summed E-state index contributed by atoms with van der Waals surface area (Å²) in [4.78, 5) is 40.7. The number of carbonyl (C=O) groups excluding carboxylic acids is 3. The Morgan fingerprint density at radius 3 is 2.59 bits per heavy atom. The monoisotopic (exact) mass is 460 g/mol. The second-order valence-corrected chi connectivity index (χ2v) is 9.24. The molecule has 2 fully saturated rings. The lowest BCUT2D eigenvalue weighted by molar-refractivity contribution is -0.136. The number of carbonyl (C=O) groups is 3. The average Bonchev–Trinajstić information content (AvgIpc) is 3.15. The number of rotatable bonds is 4. The second kappa shape index (κ2) is 8.99. The summed E-state index contributed by atoms with van der Waals surface area (Å²) in [7, 11) is 0. The van der Waals surface area contributed by atoms with E-state index in [0.717, 1.165) is 42.6 Å². The zero-order valence-electron chi connectivity index (χ0n) is 18.7. The first-order chi connectivity index (χ1) is 16.4. The summed E-state index contributed by atoms with van der Waals surface area (Å²) in [5, 5.41) is 11.6. The summed E-state index contributed by atoms with van der Waals surface area (Å²) in [6.07, 6.45) is 2.10. The van der Waals surface area contributed by atoms with Crippen molar-refractivity contribution in [2.24, 2.45) is 0 Å². The highest BCUT2D eigenvalue weighted by Crippen LogP contribution is 2.38. The number of amides is 3. The molecule has 8 heteroatoms. The van der Waals surface area contributed by atoms with Gasteiger partial charge < -0.3 is 4.90 Å². The van der Waals surface area contributed by atoms with Crippen LogP contribution in [0.1, 0.15) is 64.2 Å². The van der Waals surface area contributed by atoms with Gasteiger partial charge in [-0.2, -0.15) is 5.26 Å². The predicted molar refractivity (Wildman–Crippen MR) is 121 cm³/mol. The van der Waals surface area contributed by atoms with Crippen molar-refractivity contribution in [1.29, 1.82) is 5.26 Å². The minimum atomic E-state index is -0.712. The first-order valence-corrected chi connectivity index (χ1v) is 11.6. The minimum Gasteiger partial charge on any atom is -0.322 e. The lowest BCUT2D eigenvalue weighted by Crippen LogP contribution is -2.52. The van der Waals surface area contributed by atoms with Crippen LogP contribution in [0.25, 0.3) is 0 Å². The molecule has 2 aromatic rings. The quantitative estimate of drug-likeness (QED) is 0.709. The summed E-state index contributed by atoms with van der Waals surface area (Å²) >= 11 is 0. The van der Waals surface area contributed by atoms with E-state index >= 15 is 0 Å². The van der Waals surface area contributed by atoms with Crippen LogP contribution in [-0.4, -0.2) is 46.7 Å². The molecule has 1 unspecified atom stereocenters. The van der Waals surface area contributed by atoms with E-state index in [1.165, 1.54) is 17.0 Å². The first-order valence-electron chi connectivity index (χ1n) is 11.6. The number of piperidine rings is 2. The van der Waals surface area contributed by atoms with E-state index in [0.29, 0.717) is 17.7 Å². The van der Waals surface area contributed by atoms with Gasteiger partial charge in [-0.1, -0.05) is 18.2 Å². The molecule has 2 saturated heterocycles. The number of fused-ring (bicyclic) bond motifs is 1. The molecule has 34 heavy (non-hydrogen) atoms. The molecule has 0 bridgehead atoms. The molecule has 0 radical (unpaired) electrons. The molecule has 3 aliphatic heterocycles. The summed E-state index contributed by atoms with van der Waals surface area (Å²) in [6, 6.07) is 11.9. The summed E-state index contributed by atoms with van der Waals surface area (Å²) in [5.74, 6) is -1.48. The number of benzene rings is 2. The molecular formula is C26H25FN4O3. The smallest absolute Gasteiger partial charge is 0.255 e. The molecule has 0 spiro atoms. The van der Waals surface area contributed by atoms with Crippen molar-refractivity contribution < 1.29 is 18.8 Å². The van der Waals surface area contributed by atoms with Crippen LogP contribution in [0.2, 0.25) is 0 Å². The van der Waals surface area contributed by atoms with Crippen LogP contribution >= 0.6 is 0 Å². The molecule has 3 amide bonds. The third-order valence-corrected chi connectivity index (χ3v) is 7.21. The molecule has 7 nitrogen and oxygen atoms in total. The van der Waals surface area contributed by atoms with Crippen molar-refractivity contribution in [1.82, 2.24) is 15.1 Å². The van der Waals surface area contributed by atoms with Crippen molar-refractivity contribution in [3.63, 3.8) is 0 Å². The zero-order valence-corrected chi connectivity index (χ0v) is 18.7. The lowest BCUT2D eigenvalue weighted by Gasteiger charge is -2.33. The minimum absolute atomic E-state index is 0.112. The van der Waals surface area contributed by atoms with Gasteiger partial charge in [-0.25, -0.2) is 4.39 Å². The number of halogens is 1. The van der Waals surface area contributed by atoms with Gasteiger partial charge in [0, 0.05) is 25.1 Å². The summed E-state index contributed by atoms with van der Waals surface area (Å²) < 4.78 is 14.6. The normalized spacial score (nSPS) is 21.4. The maximum Gasteiger partial charge on any atom is 0.255 e. The average molecular weight is 461 g/mol. The fourth-order valence-electron chi connectivity index (χ4n) is 5.43. The highest BCUT2D eigenvalue weighted by Gasteiger charge is 2.41. The molecular weight excluding hydrogens is 435 g/mol. The van der Waals surface area contributed by atoms with E-state index in [4.69, 9.17) is 0 Å². The Balaban J connectivity index is 1.32. The lowest BCUT2D eigenvalue weighted by atomic mass is 9.85. The maximum absolute atomic E-state index is 14.6. The first kappa shape index (κ1) is 22.2. The molecule has 3 aliphatic rings. The Labute approximate surface area is 197 Å². The van der Waals surface area contributed by atoms with E-state index < -0.39 is 17.8 Å². The van der Waals surface area contributed by atoms with E-state index in [1.807, 2.05) is 24.3 Å². The van der Waals surface area contributed by atoms with Gasteiger partial charge in [0.25, 0.3) is 5.91 Å². The fraction of sp³-hybridized carbons (Fsp3) is 0.385. The largest absolute Gasteiger partial charge is 0.322 e. The van der Waals surface area contributed by atoms with Crippen LogP contribution in [0.5, 0.6) is 0 Å². The zero-order chi connectivity index (χ0) is 23.8. The number of nitriles is 1. The van der Waals surface area contributed by atoms with Crippen LogP contribution in [0.15, 0.2) is 36.4 Å². The summed E-state index contributed by atoms with van der Waals surface area (Å²) in [6.45, 7) is 2.56. The van der Waals surface area contributed by atoms with Gasteiger partial charge in [0.15, 0.2) is 0 Å². The van der Waals surface area contributed by atoms with E-state index in [9.17, 15) is 24.0 Å². The third-order valence-electron chi connectivity index (χ3n) is 7.21. The van der Waals surface area contributed by atoms with Crippen molar-refractivity contribution in [2.45, 2.75) is 50.7 Å². The molecule has 174 valence electrons. The van der Waals surface area contributed by atoms with Gasteiger partial charge >= 0.3 is 0 Å². The maximum atomic E-state index is 14.6. The Kier molecular flexibility index (Phi) is 5.88. The topological polar surface area (TPSA) is 93.5 Å². The van der Waals surface area contributed by atoms with E-state index in [-0.39, 0.29) is 37.1 Å². The SMILES string of the molecule is N#Cc1ccccc1CN1CCC(c2cc(F)cc3c2CN(C2CCC(=O)NC2=O)C3=O)CC1. The molecule has 1 N–H and O–H groups in total. The number of hydrogen-bond donors (Lipinski definition) is 1. The fourth-order valence-corrected chi connectivity index (χ4v) is 5.43. The number of imide groups is 1. The van der Waals surface area contributed by atoms with Crippen LogP contribution in [0.4, 0.5) is 4.39 Å². The third kappa shape index (κ3) is 4.08. The van der Waals surface area contributed by atoms with Gasteiger partial charge in [0.2, 0.25) is 11.8 Å². The molecule has 0 aromatic heterocycles. The predicted octanol–water partition coefficient (Wildman–Crippen LogP) is 2.84. The van der Waals surface area contributed by atoms with Crippen LogP contribution in [0, 0.1) is 17.1 Å². The standard InChI is InChI=1S/C26H25FN4O3/c27-19-11-20(16-7-9-30(10-8-16)14-18-4-2-1-3-17(18)13-28)22-15-31(26(34)21(22)12-19)23-5-6-24(32)29-25(23)33/h1-4,11-12,16,23H,5-10,14-15H2,(H,29,32,33). The molecule has 5 rings (SSSR count). The van der Waals surface area contributed by atoms with Crippen molar-refractivity contribution in [3.05, 3.63) is 70.0 Å². The Morgan fingerprint density at radius 2 is 1.85 bits per heavy atom. The molecule has 1 atom stereocenters. The molecule has 3 heterocycles. The highest BCUT2D eigenvalue weighted by molar-refractivity contribution is 6.05. The molecule has 2 aromatic carbocycles. The van der Waals surface area contributed by atoms with Gasteiger partial charge in [-0.15, -0.1) is 0 Å². The van der Waals surface area contributed by atoms with E-state index in [2.05, 4.69) is 16.3 Å². The molecule has 0 aliphatic carbocycles. The van der Waals surface area contributed by atoms with Gasteiger partial charge in [-0.3, -0.25) is 24.6 Å². The van der Waals surface area contributed by atoms with E-state index in [1.54, 1.807) is 0 Å². The van der Waals surface area contributed by atoms with Crippen LogP contribution in [0.3, 0.4) is 0 Å². The van der Waals surface area contributed by atoms with Crippen LogP contribution in [-0.2, 0) is 22.7 Å². The van der Waals surface area contributed by atoms with Gasteiger partial charge in [0.1, 0.15) is 11.9 Å². The second-order valence-electron chi connectivity index (χ2n) is 9.24. The van der Waals surface area contributed by atoms with Crippen molar-refractivity contribution >= 4 is 17.7 Å².